The minimum absolute atomic E-state index is 0.210. The van der Waals surface area contributed by atoms with Gasteiger partial charge in [0.25, 0.3) is 0 Å². The summed E-state index contributed by atoms with van der Waals surface area (Å²) in [5.74, 6) is 0.503. The molecular formula is C17H23NOS. The smallest absolute Gasteiger partial charge is 0.0515 e. The number of rotatable bonds is 7. The lowest BCUT2D eigenvalue weighted by molar-refractivity contribution is 0.163. The molecule has 0 aliphatic carbocycles. The van der Waals surface area contributed by atoms with E-state index in [2.05, 4.69) is 48.0 Å². The summed E-state index contributed by atoms with van der Waals surface area (Å²) in [5.41, 5.74) is 2.57. The fraction of sp³-hybridized carbons (Fsp3) is 0.412. The van der Waals surface area contributed by atoms with Crippen LogP contribution in [0.25, 0.3) is 11.1 Å². The molecule has 1 heterocycles. The minimum Gasteiger partial charge on any atom is -0.393 e. The van der Waals surface area contributed by atoms with Gasteiger partial charge in [-0.1, -0.05) is 37.3 Å². The topological polar surface area (TPSA) is 32.3 Å². The van der Waals surface area contributed by atoms with Crippen LogP contribution in [-0.2, 0) is 6.54 Å². The Hall–Kier alpha value is -1.16. The number of thiophene rings is 1. The maximum absolute atomic E-state index is 9.34. The highest BCUT2D eigenvalue weighted by molar-refractivity contribution is 7.10. The molecule has 108 valence electrons. The van der Waals surface area contributed by atoms with Gasteiger partial charge in [0, 0.05) is 11.4 Å². The van der Waals surface area contributed by atoms with Gasteiger partial charge in [0.05, 0.1) is 6.10 Å². The van der Waals surface area contributed by atoms with E-state index >= 15 is 0 Å². The first kappa shape index (κ1) is 15.2. The first-order valence-electron chi connectivity index (χ1n) is 7.16. The van der Waals surface area contributed by atoms with Gasteiger partial charge in [-0.15, -0.1) is 11.3 Å². The molecule has 2 rings (SSSR count). The zero-order valence-corrected chi connectivity index (χ0v) is 13.0. The fourth-order valence-electron chi connectivity index (χ4n) is 2.36. The van der Waals surface area contributed by atoms with E-state index < -0.39 is 0 Å². The molecule has 0 aliphatic heterocycles. The molecule has 1 aromatic carbocycles. The molecule has 2 atom stereocenters. The first-order chi connectivity index (χ1) is 9.65. The highest BCUT2D eigenvalue weighted by atomic mass is 32.1. The molecule has 1 aromatic heterocycles. The average molecular weight is 289 g/mol. The maximum atomic E-state index is 9.34. The third-order valence-electron chi connectivity index (χ3n) is 3.30. The lowest BCUT2D eigenvalue weighted by atomic mass is 10.0. The standard InChI is InChI=1S/C17H23NOS/c1-13(8-14(2)19)10-18-11-17-9-16(12-20-17)15-6-4-3-5-7-15/h3-7,9,12-14,18-19H,8,10-11H2,1-2H3. The molecular weight excluding hydrogens is 266 g/mol. The summed E-state index contributed by atoms with van der Waals surface area (Å²) in [7, 11) is 0. The van der Waals surface area contributed by atoms with Crippen molar-refractivity contribution < 1.29 is 5.11 Å². The third-order valence-corrected chi connectivity index (χ3v) is 4.23. The van der Waals surface area contributed by atoms with E-state index in [1.165, 1.54) is 16.0 Å². The molecule has 0 radical (unpaired) electrons. The predicted molar refractivity (Wildman–Crippen MR) is 86.9 cm³/mol. The SMILES string of the molecule is CC(O)CC(C)CNCc1cc(-c2ccccc2)cs1. The molecule has 0 amide bonds. The Balaban J connectivity index is 1.82. The van der Waals surface area contributed by atoms with E-state index in [0.717, 1.165) is 19.5 Å². The quantitative estimate of drug-likeness (QED) is 0.810. The Kier molecular flexibility index (Phi) is 5.77. The maximum Gasteiger partial charge on any atom is 0.0515 e. The van der Waals surface area contributed by atoms with Crippen LogP contribution in [0, 0.1) is 5.92 Å². The molecule has 0 spiro atoms. The van der Waals surface area contributed by atoms with Gasteiger partial charge in [0.1, 0.15) is 0 Å². The van der Waals surface area contributed by atoms with E-state index in [9.17, 15) is 5.11 Å². The van der Waals surface area contributed by atoms with E-state index in [0.29, 0.717) is 5.92 Å². The molecule has 0 fully saturated rings. The van der Waals surface area contributed by atoms with Crippen LogP contribution < -0.4 is 5.32 Å². The van der Waals surface area contributed by atoms with Crippen molar-refractivity contribution in [1.29, 1.82) is 0 Å². The Bertz CT molecular complexity index is 507. The summed E-state index contributed by atoms with van der Waals surface area (Å²) in [6, 6.07) is 12.7. The van der Waals surface area contributed by atoms with Crippen molar-refractivity contribution >= 4 is 11.3 Å². The van der Waals surface area contributed by atoms with Crippen LogP contribution >= 0.6 is 11.3 Å². The predicted octanol–water partition coefficient (Wildman–Crippen LogP) is 3.91. The van der Waals surface area contributed by atoms with E-state index in [1.54, 1.807) is 11.3 Å². The molecule has 0 saturated carbocycles. The van der Waals surface area contributed by atoms with Crippen molar-refractivity contribution in [3.05, 3.63) is 46.7 Å². The Morgan fingerprint density at radius 1 is 1.15 bits per heavy atom. The number of nitrogens with one attached hydrogen (secondary N) is 1. The number of aliphatic hydroxyl groups is 1. The van der Waals surface area contributed by atoms with E-state index in [-0.39, 0.29) is 6.10 Å². The molecule has 2 aromatic rings. The van der Waals surface area contributed by atoms with Gasteiger partial charge in [0.15, 0.2) is 0 Å². The molecule has 2 unspecified atom stereocenters. The molecule has 0 saturated heterocycles. The van der Waals surface area contributed by atoms with Gasteiger partial charge in [0.2, 0.25) is 0 Å². The summed E-state index contributed by atoms with van der Waals surface area (Å²) in [4.78, 5) is 1.35. The van der Waals surface area contributed by atoms with Crippen molar-refractivity contribution in [2.45, 2.75) is 32.9 Å². The van der Waals surface area contributed by atoms with Crippen LogP contribution in [0.1, 0.15) is 25.1 Å². The van der Waals surface area contributed by atoms with Crippen molar-refractivity contribution in [3.8, 4) is 11.1 Å². The molecule has 3 heteroatoms. The van der Waals surface area contributed by atoms with Gasteiger partial charge in [-0.2, -0.15) is 0 Å². The zero-order chi connectivity index (χ0) is 14.4. The third kappa shape index (κ3) is 4.75. The van der Waals surface area contributed by atoms with Crippen molar-refractivity contribution in [2.75, 3.05) is 6.54 Å². The fourth-order valence-corrected chi connectivity index (χ4v) is 3.23. The van der Waals surface area contributed by atoms with Crippen molar-refractivity contribution in [3.63, 3.8) is 0 Å². The van der Waals surface area contributed by atoms with Crippen molar-refractivity contribution in [1.82, 2.24) is 5.32 Å². The first-order valence-corrected chi connectivity index (χ1v) is 8.04. The van der Waals surface area contributed by atoms with Crippen LogP contribution in [0.4, 0.5) is 0 Å². The van der Waals surface area contributed by atoms with Crippen LogP contribution in [0.3, 0.4) is 0 Å². The second kappa shape index (κ2) is 7.58. The molecule has 0 bridgehead atoms. The number of hydrogen-bond donors (Lipinski definition) is 2. The van der Waals surface area contributed by atoms with Crippen LogP contribution in [0.15, 0.2) is 41.8 Å². The molecule has 2 N–H and O–H groups in total. The normalized spacial score (nSPS) is 14.2. The Morgan fingerprint density at radius 2 is 1.90 bits per heavy atom. The summed E-state index contributed by atoms with van der Waals surface area (Å²) < 4.78 is 0. The van der Waals surface area contributed by atoms with Gasteiger partial charge in [-0.05, 0) is 48.4 Å². The van der Waals surface area contributed by atoms with Gasteiger partial charge < -0.3 is 10.4 Å². The number of aliphatic hydroxyl groups excluding tert-OH is 1. The highest BCUT2D eigenvalue weighted by Crippen LogP contribution is 2.25. The number of hydrogen-bond acceptors (Lipinski definition) is 3. The Labute approximate surface area is 125 Å². The van der Waals surface area contributed by atoms with Gasteiger partial charge >= 0.3 is 0 Å². The second-order valence-corrected chi connectivity index (χ2v) is 6.48. The monoisotopic (exact) mass is 289 g/mol. The van der Waals surface area contributed by atoms with E-state index in [1.807, 2.05) is 13.0 Å². The van der Waals surface area contributed by atoms with Gasteiger partial charge in [-0.25, -0.2) is 0 Å². The van der Waals surface area contributed by atoms with E-state index in [4.69, 9.17) is 0 Å². The summed E-state index contributed by atoms with van der Waals surface area (Å²) in [5, 5.41) is 15.0. The van der Waals surface area contributed by atoms with Gasteiger partial charge in [-0.3, -0.25) is 0 Å². The second-order valence-electron chi connectivity index (χ2n) is 5.49. The average Bonchev–Trinajstić information content (AvgIpc) is 2.88. The molecule has 0 aliphatic rings. The zero-order valence-electron chi connectivity index (χ0n) is 12.2. The van der Waals surface area contributed by atoms with Crippen LogP contribution in [0.5, 0.6) is 0 Å². The molecule has 2 nitrogen and oxygen atoms in total. The summed E-state index contributed by atoms with van der Waals surface area (Å²) >= 11 is 1.80. The summed E-state index contributed by atoms with van der Waals surface area (Å²) in [6.07, 6.45) is 0.644. The minimum atomic E-state index is -0.210. The van der Waals surface area contributed by atoms with Crippen LogP contribution in [0.2, 0.25) is 0 Å². The van der Waals surface area contributed by atoms with Crippen molar-refractivity contribution in [2.24, 2.45) is 5.92 Å². The largest absolute Gasteiger partial charge is 0.393 e. The Morgan fingerprint density at radius 3 is 2.60 bits per heavy atom. The lowest BCUT2D eigenvalue weighted by Crippen LogP contribution is -2.22. The summed E-state index contributed by atoms with van der Waals surface area (Å²) in [6.45, 7) is 5.87. The lowest BCUT2D eigenvalue weighted by Gasteiger charge is -2.13. The van der Waals surface area contributed by atoms with Crippen LogP contribution in [-0.4, -0.2) is 17.8 Å². The highest BCUT2D eigenvalue weighted by Gasteiger charge is 2.06. The number of benzene rings is 1. The molecule has 20 heavy (non-hydrogen) atoms.